The summed E-state index contributed by atoms with van der Waals surface area (Å²) in [6.45, 7) is 4.68. The zero-order valence-corrected chi connectivity index (χ0v) is 15.9. The highest BCUT2D eigenvalue weighted by molar-refractivity contribution is 5.85. The van der Waals surface area contributed by atoms with Crippen molar-refractivity contribution in [1.29, 1.82) is 0 Å². The summed E-state index contributed by atoms with van der Waals surface area (Å²) in [6, 6.07) is 6.11. The second-order valence-corrected chi connectivity index (χ2v) is 6.44. The van der Waals surface area contributed by atoms with Crippen molar-refractivity contribution in [2.75, 3.05) is 19.8 Å². The molecule has 2 rings (SSSR count). The molecule has 1 heterocycles. The van der Waals surface area contributed by atoms with Crippen molar-refractivity contribution in [3.8, 4) is 5.75 Å². The Hall–Kier alpha value is -1.30. The molecule has 1 atom stereocenters. The molecule has 1 aliphatic rings. The Bertz CT molecular complexity index is 519. The number of hydrogen-bond acceptors (Lipinski definition) is 4. The molecule has 1 aromatic carbocycles. The van der Waals surface area contributed by atoms with Crippen LogP contribution >= 0.6 is 12.4 Å². The number of amides is 1. The summed E-state index contributed by atoms with van der Waals surface area (Å²) < 4.78 is 11.4. The molecule has 0 aromatic heterocycles. The number of halogens is 1. The van der Waals surface area contributed by atoms with Crippen molar-refractivity contribution >= 4 is 18.3 Å². The number of nitrogens with one attached hydrogen (secondary N) is 1. The lowest BCUT2D eigenvalue weighted by atomic mass is 10.1. The number of benzene rings is 1. The van der Waals surface area contributed by atoms with Crippen LogP contribution in [0.4, 0.5) is 0 Å². The number of ether oxygens (including phenoxy) is 2. The fourth-order valence-electron chi connectivity index (χ4n) is 2.77. The van der Waals surface area contributed by atoms with Gasteiger partial charge in [-0.1, -0.05) is 25.0 Å². The lowest BCUT2D eigenvalue weighted by Gasteiger charge is -2.17. The van der Waals surface area contributed by atoms with Crippen molar-refractivity contribution in [1.82, 2.24) is 5.32 Å². The summed E-state index contributed by atoms with van der Waals surface area (Å²) >= 11 is 0. The molecular weight excluding hydrogens is 340 g/mol. The van der Waals surface area contributed by atoms with Gasteiger partial charge in [-0.25, -0.2) is 0 Å². The third-order valence-corrected chi connectivity index (χ3v) is 4.24. The number of hydrogen-bond donors (Lipinski definition) is 2. The van der Waals surface area contributed by atoms with E-state index in [4.69, 9.17) is 15.2 Å². The Morgan fingerprint density at radius 2 is 2.12 bits per heavy atom. The number of carbonyl (C=O) groups is 1. The van der Waals surface area contributed by atoms with E-state index in [1.165, 1.54) is 0 Å². The molecule has 0 aliphatic carbocycles. The average Bonchev–Trinajstić information content (AvgIpc) is 3.07. The smallest absolute Gasteiger partial charge is 0.220 e. The van der Waals surface area contributed by atoms with E-state index in [2.05, 4.69) is 5.32 Å². The maximum absolute atomic E-state index is 12.0. The summed E-state index contributed by atoms with van der Waals surface area (Å²) in [5.41, 5.74) is 7.64. The summed E-state index contributed by atoms with van der Waals surface area (Å²) in [5.74, 6) is 0.951. The minimum absolute atomic E-state index is 0. The molecule has 3 N–H and O–H groups in total. The number of unbranched alkanes of at least 4 members (excludes halogenated alkanes) is 3. The summed E-state index contributed by atoms with van der Waals surface area (Å²) in [5, 5.41) is 3.00. The van der Waals surface area contributed by atoms with Crippen LogP contribution in [-0.2, 0) is 16.1 Å². The first-order valence-corrected chi connectivity index (χ1v) is 8.99. The van der Waals surface area contributed by atoms with Crippen LogP contribution in [0.2, 0.25) is 0 Å². The van der Waals surface area contributed by atoms with Crippen LogP contribution < -0.4 is 15.8 Å². The molecule has 1 unspecified atom stereocenters. The number of rotatable bonds is 10. The Labute approximate surface area is 157 Å². The van der Waals surface area contributed by atoms with Crippen LogP contribution in [-0.4, -0.2) is 31.8 Å². The Morgan fingerprint density at radius 3 is 2.84 bits per heavy atom. The predicted molar refractivity (Wildman–Crippen MR) is 102 cm³/mol. The van der Waals surface area contributed by atoms with Gasteiger partial charge in [0, 0.05) is 24.9 Å². The number of carbonyl (C=O) groups excluding carboxylic acids is 1. The first-order chi connectivity index (χ1) is 11.7. The van der Waals surface area contributed by atoms with Gasteiger partial charge in [-0.15, -0.1) is 12.4 Å². The molecule has 1 amide bonds. The maximum atomic E-state index is 12.0. The molecule has 0 saturated carbocycles. The molecule has 6 heteroatoms. The summed E-state index contributed by atoms with van der Waals surface area (Å²) in [6.07, 6.45) is 5.72. The van der Waals surface area contributed by atoms with Gasteiger partial charge in [0.2, 0.25) is 5.91 Å². The standard InChI is InChI=1S/C19H30N2O3.ClH/c1-15-7-8-16(18(12-15)24-17-9-11-23-14-17)13-21-19(22)6-4-2-3-5-10-20;/h7-8,12,17H,2-6,9-11,13-14,20H2,1H3,(H,21,22);1H. The quantitative estimate of drug-likeness (QED) is 0.620. The largest absolute Gasteiger partial charge is 0.488 e. The average molecular weight is 371 g/mol. The molecular formula is C19H31ClN2O3. The minimum Gasteiger partial charge on any atom is -0.488 e. The molecule has 1 aromatic rings. The van der Waals surface area contributed by atoms with Gasteiger partial charge in [-0.05, 0) is 37.9 Å². The first-order valence-electron chi connectivity index (χ1n) is 8.99. The van der Waals surface area contributed by atoms with Gasteiger partial charge in [-0.2, -0.15) is 0 Å². The lowest BCUT2D eigenvalue weighted by molar-refractivity contribution is -0.121. The van der Waals surface area contributed by atoms with Crippen LogP contribution in [0.25, 0.3) is 0 Å². The van der Waals surface area contributed by atoms with Crippen molar-refractivity contribution in [3.05, 3.63) is 29.3 Å². The Kier molecular flexibility index (Phi) is 10.5. The molecule has 1 aliphatic heterocycles. The SMILES string of the molecule is Cc1ccc(CNC(=O)CCCCCCN)c(OC2CCOC2)c1.Cl. The van der Waals surface area contributed by atoms with Gasteiger partial charge in [0.15, 0.2) is 0 Å². The van der Waals surface area contributed by atoms with Crippen LogP contribution in [0.15, 0.2) is 18.2 Å². The van der Waals surface area contributed by atoms with Gasteiger partial charge in [0.25, 0.3) is 0 Å². The van der Waals surface area contributed by atoms with Gasteiger partial charge in [-0.3, -0.25) is 4.79 Å². The molecule has 25 heavy (non-hydrogen) atoms. The predicted octanol–water partition coefficient (Wildman–Crippen LogP) is 3.11. The third-order valence-electron chi connectivity index (χ3n) is 4.24. The highest BCUT2D eigenvalue weighted by Crippen LogP contribution is 2.23. The van der Waals surface area contributed by atoms with Gasteiger partial charge in [0.1, 0.15) is 11.9 Å². The molecule has 0 spiro atoms. The van der Waals surface area contributed by atoms with Crippen molar-refractivity contribution in [2.24, 2.45) is 5.73 Å². The molecule has 0 bridgehead atoms. The maximum Gasteiger partial charge on any atom is 0.220 e. The lowest BCUT2D eigenvalue weighted by Crippen LogP contribution is -2.23. The second kappa shape index (κ2) is 12.1. The monoisotopic (exact) mass is 370 g/mol. The Morgan fingerprint density at radius 1 is 1.32 bits per heavy atom. The van der Waals surface area contributed by atoms with E-state index in [-0.39, 0.29) is 24.4 Å². The van der Waals surface area contributed by atoms with E-state index in [9.17, 15) is 4.79 Å². The van der Waals surface area contributed by atoms with E-state index in [0.29, 0.717) is 19.6 Å². The molecule has 1 saturated heterocycles. The van der Waals surface area contributed by atoms with Crippen LogP contribution in [0.3, 0.4) is 0 Å². The minimum atomic E-state index is 0. The van der Waals surface area contributed by atoms with Crippen LogP contribution in [0.1, 0.15) is 49.7 Å². The summed E-state index contributed by atoms with van der Waals surface area (Å²) in [4.78, 5) is 12.0. The van der Waals surface area contributed by atoms with Crippen LogP contribution in [0.5, 0.6) is 5.75 Å². The first kappa shape index (κ1) is 21.7. The highest BCUT2D eigenvalue weighted by atomic mass is 35.5. The zero-order chi connectivity index (χ0) is 17.2. The third kappa shape index (κ3) is 8.08. The Balaban J connectivity index is 0.00000312. The molecule has 0 radical (unpaired) electrons. The fraction of sp³-hybridized carbons (Fsp3) is 0.632. The van der Waals surface area contributed by atoms with E-state index >= 15 is 0 Å². The van der Waals surface area contributed by atoms with Gasteiger partial charge in [0.05, 0.1) is 13.2 Å². The van der Waals surface area contributed by atoms with Gasteiger partial charge < -0.3 is 20.5 Å². The van der Waals surface area contributed by atoms with Crippen molar-refractivity contribution < 1.29 is 14.3 Å². The number of aryl methyl sites for hydroxylation is 1. The fourth-order valence-corrected chi connectivity index (χ4v) is 2.77. The van der Waals surface area contributed by atoms with Crippen LogP contribution in [0, 0.1) is 6.92 Å². The number of nitrogens with two attached hydrogens (primary N) is 1. The molecule has 142 valence electrons. The van der Waals surface area contributed by atoms with Crippen molar-refractivity contribution in [3.63, 3.8) is 0 Å². The topological polar surface area (TPSA) is 73.6 Å². The zero-order valence-electron chi connectivity index (χ0n) is 15.1. The summed E-state index contributed by atoms with van der Waals surface area (Å²) in [7, 11) is 0. The molecule has 1 fully saturated rings. The second-order valence-electron chi connectivity index (χ2n) is 6.44. The van der Waals surface area contributed by atoms with Gasteiger partial charge >= 0.3 is 0 Å². The van der Waals surface area contributed by atoms with E-state index < -0.39 is 0 Å². The normalized spacial score (nSPS) is 16.3. The molecule has 5 nitrogen and oxygen atoms in total. The van der Waals surface area contributed by atoms with Crippen molar-refractivity contribution in [2.45, 2.75) is 58.1 Å². The van der Waals surface area contributed by atoms with E-state index in [1.807, 2.05) is 25.1 Å². The highest BCUT2D eigenvalue weighted by Gasteiger charge is 2.18. The van der Waals surface area contributed by atoms with E-state index in [1.54, 1.807) is 0 Å². The van der Waals surface area contributed by atoms with E-state index in [0.717, 1.165) is 62.1 Å².